The minimum atomic E-state index is -1.36. The molecule has 2 heterocycles. The lowest BCUT2D eigenvalue weighted by Crippen LogP contribution is -2.65. The highest BCUT2D eigenvalue weighted by molar-refractivity contribution is 5.76. The SMILES string of the molecule is CCCCCCCCCCCCCCCCCC(=O)N[C@H]1C(O)O[C@H](CO)[C@@H](O)[C@@H]1OCC1CC(C)(C)NC1(C)C. The molecule has 0 radical (unpaired) electrons. The van der Waals surface area contributed by atoms with Gasteiger partial charge >= 0.3 is 0 Å². The van der Waals surface area contributed by atoms with Crippen LogP contribution in [0.5, 0.6) is 0 Å². The fourth-order valence-corrected chi connectivity index (χ4v) is 6.74. The highest BCUT2D eigenvalue weighted by atomic mass is 16.6. The summed E-state index contributed by atoms with van der Waals surface area (Å²) in [6.45, 7) is 10.8. The van der Waals surface area contributed by atoms with E-state index in [9.17, 15) is 20.1 Å². The summed E-state index contributed by atoms with van der Waals surface area (Å²) in [7, 11) is 0. The van der Waals surface area contributed by atoms with Gasteiger partial charge in [0.2, 0.25) is 5.91 Å². The third-order valence-corrected chi connectivity index (χ3v) is 9.14. The number of rotatable bonds is 21. The van der Waals surface area contributed by atoms with Gasteiger partial charge in [0, 0.05) is 23.4 Å². The minimum Gasteiger partial charge on any atom is -0.394 e. The minimum absolute atomic E-state index is 0.0280. The molecular formula is C33H64N2O6. The first-order valence-corrected chi connectivity index (χ1v) is 16.8. The number of unbranched alkanes of at least 4 members (excludes halogenated alkanes) is 14. The van der Waals surface area contributed by atoms with Gasteiger partial charge in [-0.2, -0.15) is 0 Å². The third-order valence-electron chi connectivity index (χ3n) is 9.14. The van der Waals surface area contributed by atoms with Crippen LogP contribution < -0.4 is 10.6 Å². The zero-order valence-corrected chi connectivity index (χ0v) is 27.0. The normalized spacial score (nSPS) is 29.1. The number of aliphatic hydroxyl groups is 3. The number of carbonyl (C=O) groups excluding carboxylic acids is 1. The lowest BCUT2D eigenvalue weighted by molar-refractivity contribution is -0.263. The van der Waals surface area contributed by atoms with E-state index in [0.717, 1.165) is 25.7 Å². The number of aliphatic hydroxyl groups excluding tert-OH is 3. The van der Waals surface area contributed by atoms with Gasteiger partial charge in [-0.15, -0.1) is 0 Å². The van der Waals surface area contributed by atoms with E-state index in [2.05, 4.69) is 45.3 Å². The highest BCUT2D eigenvalue weighted by Gasteiger charge is 2.48. The van der Waals surface area contributed by atoms with Gasteiger partial charge in [-0.25, -0.2) is 0 Å². The van der Waals surface area contributed by atoms with E-state index < -0.39 is 37.3 Å². The van der Waals surface area contributed by atoms with E-state index in [0.29, 0.717) is 13.0 Å². The third kappa shape index (κ3) is 13.2. The summed E-state index contributed by atoms with van der Waals surface area (Å²) in [4.78, 5) is 12.8. The van der Waals surface area contributed by atoms with Crippen molar-refractivity contribution in [3.8, 4) is 0 Å². The number of hydrogen-bond acceptors (Lipinski definition) is 7. The number of nitrogens with one attached hydrogen (secondary N) is 2. The first-order valence-electron chi connectivity index (χ1n) is 16.8. The van der Waals surface area contributed by atoms with Crippen LogP contribution in [0.1, 0.15) is 144 Å². The zero-order valence-electron chi connectivity index (χ0n) is 27.0. The smallest absolute Gasteiger partial charge is 0.220 e. The van der Waals surface area contributed by atoms with Crippen LogP contribution in [0.25, 0.3) is 0 Å². The molecule has 8 heteroatoms. The van der Waals surface area contributed by atoms with Crippen LogP contribution in [-0.4, -0.2) is 76.2 Å². The zero-order chi connectivity index (χ0) is 30.3. The molecule has 2 saturated heterocycles. The number of amides is 1. The predicted octanol–water partition coefficient (Wildman–Crippen LogP) is 5.36. The summed E-state index contributed by atoms with van der Waals surface area (Å²) in [6.07, 6.45) is 15.9. The first kappa shape index (κ1) is 36.4. The Morgan fingerprint density at radius 1 is 0.878 bits per heavy atom. The van der Waals surface area contributed by atoms with E-state index in [1.807, 2.05) is 0 Å². The molecule has 8 nitrogen and oxygen atoms in total. The van der Waals surface area contributed by atoms with Crippen molar-refractivity contribution in [1.82, 2.24) is 10.6 Å². The van der Waals surface area contributed by atoms with E-state index >= 15 is 0 Å². The first-order chi connectivity index (χ1) is 19.5. The van der Waals surface area contributed by atoms with Crippen LogP contribution in [0.2, 0.25) is 0 Å². The molecule has 0 aromatic carbocycles. The number of ether oxygens (including phenoxy) is 2. The van der Waals surface area contributed by atoms with E-state index in [1.165, 1.54) is 77.0 Å². The van der Waals surface area contributed by atoms with Crippen LogP contribution in [-0.2, 0) is 14.3 Å². The maximum atomic E-state index is 12.8. The molecule has 0 aromatic rings. The fraction of sp³-hybridized carbons (Fsp3) is 0.970. The molecule has 0 bridgehead atoms. The molecule has 2 aliphatic rings. The Morgan fingerprint density at radius 3 is 1.85 bits per heavy atom. The van der Waals surface area contributed by atoms with E-state index in [-0.39, 0.29) is 22.9 Å². The topological polar surface area (TPSA) is 120 Å². The van der Waals surface area contributed by atoms with Crippen molar-refractivity contribution in [3.05, 3.63) is 0 Å². The lowest BCUT2D eigenvalue weighted by Gasteiger charge is -2.43. The summed E-state index contributed by atoms with van der Waals surface area (Å²) >= 11 is 0. The van der Waals surface area contributed by atoms with Crippen molar-refractivity contribution in [2.24, 2.45) is 5.92 Å². The molecular weight excluding hydrogens is 520 g/mol. The molecule has 2 fully saturated rings. The number of carbonyl (C=O) groups is 1. The Hall–Kier alpha value is -0.770. The molecule has 1 amide bonds. The highest BCUT2D eigenvalue weighted by Crippen LogP contribution is 2.36. The number of hydrogen-bond donors (Lipinski definition) is 5. The maximum Gasteiger partial charge on any atom is 0.220 e. The molecule has 6 atom stereocenters. The van der Waals surface area contributed by atoms with Crippen molar-refractivity contribution >= 4 is 5.91 Å². The van der Waals surface area contributed by atoms with Crippen molar-refractivity contribution in [3.63, 3.8) is 0 Å². The van der Waals surface area contributed by atoms with Crippen LogP contribution in [0.3, 0.4) is 0 Å². The Bertz CT molecular complexity index is 718. The second kappa shape index (κ2) is 18.8. The molecule has 2 unspecified atom stereocenters. The van der Waals surface area contributed by atoms with E-state index in [1.54, 1.807) is 0 Å². The molecule has 0 aliphatic carbocycles. The van der Waals surface area contributed by atoms with Gasteiger partial charge in [0.1, 0.15) is 24.4 Å². The molecule has 2 aliphatic heterocycles. The monoisotopic (exact) mass is 584 g/mol. The van der Waals surface area contributed by atoms with Crippen LogP contribution in [0.4, 0.5) is 0 Å². The van der Waals surface area contributed by atoms with Crippen molar-refractivity contribution in [2.45, 2.75) is 185 Å². The predicted molar refractivity (Wildman–Crippen MR) is 165 cm³/mol. The molecule has 41 heavy (non-hydrogen) atoms. The summed E-state index contributed by atoms with van der Waals surface area (Å²) in [5, 5.41) is 37.6. The van der Waals surface area contributed by atoms with E-state index in [4.69, 9.17) is 9.47 Å². The van der Waals surface area contributed by atoms with Gasteiger partial charge in [-0.1, -0.05) is 96.8 Å². The maximum absolute atomic E-state index is 12.8. The van der Waals surface area contributed by atoms with Gasteiger partial charge in [0.15, 0.2) is 6.29 Å². The summed E-state index contributed by atoms with van der Waals surface area (Å²) in [5.41, 5.74) is -0.180. The van der Waals surface area contributed by atoms with Crippen LogP contribution >= 0.6 is 0 Å². The van der Waals surface area contributed by atoms with Crippen molar-refractivity contribution in [1.29, 1.82) is 0 Å². The Kier molecular flexibility index (Phi) is 16.7. The quantitative estimate of drug-likeness (QED) is 0.115. The molecule has 0 aromatic heterocycles. The lowest BCUT2D eigenvalue weighted by atomic mass is 9.87. The van der Waals surface area contributed by atoms with Gasteiger partial charge in [0.05, 0.1) is 13.2 Å². The summed E-state index contributed by atoms with van der Waals surface area (Å²) < 4.78 is 11.6. The van der Waals surface area contributed by atoms with Gasteiger partial charge < -0.3 is 35.4 Å². The second-order valence-electron chi connectivity index (χ2n) is 14.0. The molecule has 242 valence electrons. The van der Waals surface area contributed by atoms with Gasteiger partial charge in [0.25, 0.3) is 0 Å². The van der Waals surface area contributed by atoms with Crippen molar-refractivity contribution < 1.29 is 29.6 Å². The second-order valence-corrected chi connectivity index (χ2v) is 14.0. The fourth-order valence-electron chi connectivity index (χ4n) is 6.74. The van der Waals surface area contributed by atoms with Crippen molar-refractivity contribution in [2.75, 3.05) is 13.2 Å². The molecule has 0 saturated carbocycles. The average molecular weight is 585 g/mol. The standard InChI is InChI=1S/C33H64N2O6/c1-6-7-8-9-10-11-12-13-14-15-16-17-18-19-20-21-27(37)34-28-30(29(38)26(23-36)41-31(28)39)40-24-25-22-32(2,3)35-33(25,4)5/h25-26,28-31,35-36,38-39H,6-24H2,1-5H3,(H,34,37)/t25?,26-,28-,29-,30-,31?/m1/s1. The molecule has 2 rings (SSSR count). The average Bonchev–Trinajstić information content (AvgIpc) is 3.13. The van der Waals surface area contributed by atoms with Crippen LogP contribution in [0, 0.1) is 5.92 Å². The van der Waals surface area contributed by atoms with Gasteiger partial charge in [-0.3, -0.25) is 4.79 Å². The molecule has 0 spiro atoms. The largest absolute Gasteiger partial charge is 0.394 e. The molecule has 5 N–H and O–H groups in total. The summed E-state index contributed by atoms with van der Waals surface area (Å²) in [6, 6.07) is -0.901. The van der Waals surface area contributed by atoms with Crippen LogP contribution in [0.15, 0.2) is 0 Å². The summed E-state index contributed by atoms with van der Waals surface area (Å²) in [5.74, 6) is 0.00789. The Morgan fingerprint density at radius 2 is 1.39 bits per heavy atom. The Balaban J connectivity index is 1.65. The Labute approximate surface area is 250 Å². The van der Waals surface area contributed by atoms with Gasteiger partial charge in [-0.05, 0) is 40.5 Å².